The fourth-order valence-electron chi connectivity index (χ4n) is 3.10. The van der Waals surface area contributed by atoms with E-state index in [2.05, 4.69) is 43.8 Å². The normalized spacial score (nSPS) is 15.7. The molecule has 0 aliphatic carbocycles. The highest BCUT2D eigenvalue weighted by atomic mass is 16.3. The Hall–Kier alpha value is -2.29. The molecular weight excluding hydrogens is 356 g/mol. The minimum Gasteiger partial charge on any atom is -0.388 e. The summed E-state index contributed by atoms with van der Waals surface area (Å²) in [5, 5.41) is 8.86. The predicted molar refractivity (Wildman–Crippen MR) is 109 cm³/mol. The number of nitrogens with zero attached hydrogens (tertiary/aromatic N) is 6. The van der Waals surface area contributed by atoms with Gasteiger partial charge in [-0.15, -0.1) is 0 Å². The number of aliphatic hydroxyl groups is 1. The number of aromatic nitrogens is 4. The fraction of sp³-hybridized carbons (Fsp3) is 0.550. The van der Waals surface area contributed by atoms with Crippen LogP contribution in [0.4, 0.5) is 0 Å². The molecule has 2 aliphatic rings. The number of carbonyl (C=O) groups is 1. The van der Waals surface area contributed by atoms with Crippen molar-refractivity contribution < 1.29 is 9.90 Å². The van der Waals surface area contributed by atoms with Gasteiger partial charge >= 0.3 is 0 Å². The van der Waals surface area contributed by atoms with Gasteiger partial charge in [0.05, 0.1) is 5.69 Å². The summed E-state index contributed by atoms with van der Waals surface area (Å²) in [4.78, 5) is 31.3. The van der Waals surface area contributed by atoms with Crippen LogP contribution in [-0.2, 0) is 32.5 Å². The van der Waals surface area contributed by atoms with Gasteiger partial charge in [0.2, 0.25) is 0 Å². The lowest BCUT2D eigenvalue weighted by molar-refractivity contribution is 0.111. The van der Waals surface area contributed by atoms with Gasteiger partial charge in [-0.25, -0.2) is 19.9 Å². The van der Waals surface area contributed by atoms with Gasteiger partial charge in [-0.3, -0.25) is 4.79 Å². The molecule has 154 valence electrons. The molecule has 2 aromatic heterocycles. The second-order valence-corrected chi connectivity index (χ2v) is 6.71. The lowest BCUT2D eigenvalue weighted by Crippen LogP contribution is -2.27. The molecule has 0 fully saturated rings. The Kier molecular flexibility index (Phi) is 9.24. The van der Waals surface area contributed by atoms with Crippen LogP contribution in [-0.4, -0.2) is 68.3 Å². The first-order chi connectivity index (χ1) is 12.6. The third-order valence-electron chi connectivity index (χ3n) is 4.56. The second-order valence-electron chi connectivity index (χ2n) is 6.71. The summed E-state index contributed by atoms with van der Waals surface area (Å²) in [5.74, 6) is 0.826. The van der Waals surface area contributed by atoms with Crippen LogP contribution in [0.2, 0.25) is 0 Å². The van der Waals surface area contributed by atoms with Crippen molar-refractivity contribution in [2.24, 2.45) is 0 Å². The highest BCUT2D eigenvalue weighted by Crippen LogP contribution is 2.15. The van der Waals surface area contributed by atoms with E-state index in [9.17, 15) is 4.79 Å². The molecule has 8 nitrogen and oxygen atoms in total. The Balaban J connectivity index is 0.000000261. The van der Waals surface area contributed by atoms with Crippen molar-refractivity contribution in [1.82, 2.24) is 29.7 Å². The summed E-state index contributed by atoms with van der Waals surface area (Å²) >= 11 is 0. The van der Waals surface area contributed by atoms with Gasteiger partial charge < -0.3 is 14.9 Å². The average molecular weight is 389 g/mol. The first-order valence-corrected chi connectivity index (χ1v) is 8.70. The maximum atomic E-state index is 10.4. The van der Waals surface area contributed by atoms with Gasteiger partial charge in [-0.1, -0.05) is 14.9 Å². The summed E-state index contributed by atoms with van der Waals surface area (Å²) in [6, 6.07) is 0. The van der Waals surface area contributed by atoms with Crippen LogP contribution in [0.5, 0.6) is 0 Å². The maximum Gasteiger partial charge on any atom is 0.192 e. The molecule has 8 heteroatoms. The zero-order chi connectivity index (χ0) is 18.5. The molecule has 0 aromatic carbocycles. The zero-order valence-electron chi connectivity index (χ0n) is 15.2. The fourth-order valence-corrected chi connectivity index (χ4v) is 3.10. The van der Waals surface area contributed by atoms with Gasteiger partial charge in [-0.05, 0) is 14.1 Å². The molecule has 0 saturated carbocycles. The molecule has 28 heavy (non-hydrogen) atoms. The smallest absolute Gasteiger partial charge is 0.192 e. The quantitative estimate of drug-likeness (QED) is 0.774. The van der Waals surface area contributed by atoms with Gasteiger partial charge in [0.15, 0.2) is 17.9 Å². The lowest BCUT2D eigenvalue weighted by Gasteiger charge is -2.23. The molecule has 0 amide bonds. The van der Waals surface area contributed by atoms with Gasteiger partial charge in [0, 0.05) is 68.2 Å². The van der Waals surface area contributed by atoms with Gasteiger partial charge in [0.25, 0.3) is 0 Å². The molecule has 0 bridgehead atoms. The second kappa shape index (κ2) is 10.9. The van der Waals surface area contributed by atoms with E-state index in [0.717, 1.165) is 56.0 Å². The zero-order valence-corrected chi connectivity index (χ0v) is 15.2. The largest absolute Gasteiger partial charge is 0.388 e. The molecule has 0 unspecified atom stereocenters. The van der Waals surface area contributed by atoms with E-state index in [4.69, 9.17) is 5.11 Å². The predicted octanol–water partition coefficient (Wildman–Crippen LogP) is 1.51. The van der Waals surface area contributed by atoms with Gasteiger partial charge in [0.1, 0.15) is 6.61 Å². The molecule has 0 spiro atoms. The number of aldehydes is 1. The average Bonchev–Trinajstić information content (AvgIpc) is 2.67. The number of aliphatic hydroxyl groups excluding tert-OH is 1. The Morgan fingerprint density at radius 2 is 1.50 bits per heavy atom. The van der Waals surface area contributed by atoms with Gasteiger partial charge in [-0.2, -0.15) is 0 Å². The van der Waals surface area contributed by atoms with Crippen LogP contribution >= 0.6 is 0 Å². The Morgan fingerprint density at radius 1 is 0.964 bits per heavy atom. The first kappa shape index (κ1) is 23.7. The third kappa shape index (κ3) is 5.85. The molecule has 2 aliphatic heterocycles. The van der Waals surface area contributed by atoms with Crippen LogP contribution in [0, 0.1) is 0 Å². The van der Waals surface area contributed by atoms with E-state index in [1.165, 1.54) is 5.56 Å². The van der Waals surface area contributed by atoms with E-state index in [-0.39, 0.29) is 21.5 Å². The van der Waals surface area contributed by atoms with E-state index in [1.54, 1.807) is 6.20 Å². The van der Waals surface area contributed by atoms with Crippen molar-refractivity contribution in [3.8, 4) is 0 Å². The lowest BCUT2D eigenvalue weighted by atomic mass is 10.1. The van der Waals surface area contributed by atoms with Crippen LogP contribution in [0.1, 0.15) is 53.8 Å². The molecule has 4 heterocycles. The highest BCUT2D eigenvalue weighted by Gasteiger charge is 2.15. The Morgan fingerprint density at radius 3 is 2.04 bits per heavy atom. The number of rotatable bonds is 2. The summed E-state index contributed by atoms with van der Waals surface area (Å²) in [5.41, 5.74) is 4.44. The van der Waals surface area contributed by atoms with E-state index in [1.807, 2.05) is 6.20 Å². The number of carbonyl (C=O) groups excluding carboxylic acids is 1. The van der Waals surface area contributed by atoms with Crippen molar-refractivity contribution in [3.63, 3.8) is 0 Å². The topological polar surface area (TPSA) is 95.3 Å². The monoisotopic (exact) mass is 388 g/mol. The number of likely N-dealkylation sites (N-methyl/N-ethyl adjacent to an activating group) is 2. The highest BCUT2D eigenvalue weighted by molar-refractivity contribution is 5.68. The summed E-state index contributed by atoms with van der Waals surface area (Å²) in [7, 11) is 4.15. The number of fused-ring (bicyclic) bond motifs is 2. The van der Waals surface area contributed by atoms with E-state index in [0.29, 0.717) is 17.9 Å². The first-order valence-electron chi connectivity index (χ1n) is 8.70. The molecule has 4 rings (SSSR count). The van der Waals surface area contributed by atoms with Crippen LogP contribution in [0.15, 0.2) is 12.4 Å². The molecule has 2 aromatic rings. The summed E-state index contributed by atoms with van der Waals surface area (Å²) < 4.78 is 0. The van der Waals surface area contributed by atoms with Crippen molar-refractivity contribution in [2.75, 3.05) is 27.2 Å². The molecule has 0 atom stereocenters. The minimum atomic E-state index is -0.0663. The Labute approximate surface area is 167 Å². The third-order valence-corrected chi connectivity index (χ3v) is 4.56. The van der Waals surface area contributed by atoms with Crippen LogP contribution in [0.25, 0.3) is 0 Å². The Bertz CT molecular complexity index is 783. The van der Waals surface area contributed by atoms with Crippen molar-refractivity contribution >= 4 is 6.29 Å². The molecule has 1 N–H and O–H groups in total. The van der Waals surface area contributed by atoms with E-state index < -0.39 is 0 Å². The van der Waals surface area contributed by atoms with Crippen LogP contribution in [0.3, 0.4) is 0 Å². The minimum absolute atomic E-state index is 0. The number of hydrogen-bond acceptors (Lipinski definition) is 8. The maximum absolute atomic E-state index is 10.4. The molecular formula is C20H32N6O2. The molecule has 0 saturated heterocycles. The standard InChI is InChI=1S/C9H13N3O.C9H11N3O.2CH4/c2*1-12-3-2-8-7(5-12)4-10-9(6-13)11-8;;/h4,13H,2-3,5-6H2,1H3;4,6H,2-3,5H2,1H3;2*1H4. The summed E-state index contributed by atoms with van der Waals surface area (Å²) in [6.07, 6.45) is 6.14. The number of hydrogen-bond donors (Lipinski definition) is 1. The molecule has 0 radical (unpaired) electrons. The van der Waals surface area contributed by atoms with E-state index >= 15 is 0 Å². The summed E-state index contributed by atoms with van der Waals surface area (Å²) in [6.45, 7) is 3.77. The van der Waals surface area contributed by atoms with Crippen molar-refractivity contribution in [1.29, 1.82) is 0 Å². The van der Waals surface area contributed by atoms with Crippen molar-refractivity contribution in [3.05, 3.63) is 46.6 Å². The van der Waals surface area contributed by atoms with Crippen molar-refractivity contribution in [2.45, 2.75) is 47.4 Å². The van der Waals surface area contributed by atoms with Crippen LogP contribution < -0.4 is 0 Å². The SMILES string of the molecule is C.C.CN1CCc2nc(C=O)ncc2C1.CN1CCc2nc(CO)ncc2C1.